The van der Waals surface area contributed by atoms with E-state index in [1.807, 2.05) is 0 Å². The summed E-state index contributed by atoms with van der Waals surface area (Å²) in [6.45, 7) is 7.27. The summed E-state index contributed by atoms with van der Waals surface area (Å²) in [5.74, 6) is 0. The van der Waals surface area contributed by atoms with Gasteiger partial charge in [-0.2, -0.15) is 0 Å². The summed E-state index contributed by atoms with van der Waals surface area (Å²) in [4.78, 5) is 0. The fraction of sp³-hybridized carbons (Fsp3) is 0.368. The number of benzene rings is 2. The first-order valence-corrected chi connectivity index (χ1v) is 16.4. The number of hydrogen-bond donors (Lipinski definition) is 0. The minimum atomic E-state index is -1.71. The summed E-state index contributed by atoms with van der Waals surface area (Å²) < 4.78 is 5.46. The Morgan fingerprint density at radius 3 is 2.30 bits per heavy atom. The van der Waals surface area contributed by atoms with Gasteiger partial charge in [-0.15, -0.1) is 0 Å². The second-order valence-corrected chi connectivity index (χ2v) is 17.2. The molecule has 1 atom stereocenters. The summed E-state index contributed by atoms with van der Waals surface area (Å²) in [6.07, 6.45) is 4.93. The molecule has 0 bridgehead atoms. The maximum atomic E-state index is 2.57. The van der Waals surface area contributed by atoms with Crippen molar-refractivity contribution in [3.63, 3.8) is 0 Å². The zero-order chi connectivity index (χ0) is 14.5. The average Bonchev–Trinajstić information content (AvgIpc) is 2.79. The van der Waals surface area contributed by atoms with Crippen molar-refractivity contribution in [3.8, 4) is 0 Å². The molecule has 2 aromatic rings. The van der Waals surface area contributed by atoms with Gasteiger partial charge in [-0.3, -0.25) is 0 Å². The molecule has 1 aliphatic rings. The topological polar surface area (TPSA) is 0 Å². The number of fused-ring (bicyclic) bond motifs is 3. The molecule has 0 heterocycles. The average molecular weight is 430 g/mol. The Bertz CT molecular complexity index is 688. The van der Waals surface area contributed by atoms with E-state index in [9.17, 15) is 0 Å². The van der Waals surface area contributed by atoms with Crippen LogP contribution in [-0.2, 0) is 24.6 Å². The molecule has 0 saturated carbocycles. The molecule has 1 aliphatic carbocycles. The Balaban J connectivity index is 2.42. The van der Waals surface area contributed by atoms with Crippen molar-refractivity contribution < 1.29 is 21.4 Å². The van der Waals surface area contributed by atoms with Gasteiger partial charge >= 0.3 is 131 Å². The third kappa shape index (κ3) is 1.82. The van der Waals surface area contributed by atoms with E-state index in [0.29, 0.717) is 8.59 Å². The van der Waals surface area contributed by atoms with E-state index < -0.39 is 21.4 Å². The number of allylic oxidation sites excluding steroid dienone is 1. The first-order valence-electron chi connectivity index (χ1n) is 7.40. The third-order valence-electron chi connectivity index (χ3n) is 4.84. The molecular formula is C19H23Hf. The summed E-state index contributed by atoms with van der Waals surface area (Å²) in [5.41, 5.74) is 3.37. The molecule has 0 nitrogen and oxygen atoms in total. The van der Waals surface area contributed by atoms with Gasteiger partial charge in [0.15, 0.2) is 0 Å². The Kier molecular flexibility index (Phi) is 3.32. The van der Waals surface area contributed by atoms with Crippen LogP contribution in [0.2, 0.25) is 9.36 Å². The van der Waals surface area contributed by atoms with E-state index in [2.05, 4.69) is 78.7 Å². The van der Waals surface area contributed by atoms with Crippen LogP contribution in [0.1, 0.15) is 31.9 Å². The Labute approximate surface area is 130 Å². The van der Waals surface area contributed by atoms with Crippen molar-refractivity contribution in [3.05, 3.63) is 53.6 Å². The molecule has 20 heavy (non-hydrogen) atoms. The Hall–Kier alpha value is -0.690. The van der Waals surface area contributed by atoms with Crippen molar-refractivity contribution in [2.24, 2.45) is 5.41 Å². The van der Waals surface area contributed by atoms with Gasteiger partial charge in [-0.1, -0.05) is 0 Å². The predicted octanol–water partition coefficient (Wildman–Crippen LogP) is 5.82. The molecule has 1 heteroatoms. The van der Waals surface area contributed by atoms with Crippen molar-refractivity contribution >= 4 is 16.8 Å². The number of hydrogen-bond acceptors (Lipinski definition) is 0. The molecule has 0 saturated heterocycles. The first kappa shape index (κ1) is 14.3. The molecule has 3 rings (SSSR count). The quantitative estimate of drug-likeness (QED) is 0.501. The molecule has 0 aliphatic heterocycles. The van der Waals surface area contributed by atoms with Gasteiger partial charge in [-0.25, -0.2) is 0 Å². The van der Waals surface area contributed by atoms with E-state index >= 15 is 0 Å². The molecule has 0 aromatic heterocycles. The summed E-state index contributed by atoms with van der Waals surface area (Å²) in [5, 5.41) is 2.85. The van der Waals surface area contributed by atoms with Gasteiger partial charge < -0.3 is 0 Å². The van der Waals surface area contributed by atoms with Gasteiger partial charge in [-0.05, 0) is 0 Å². The van der Waals surface area contributed by atoms with Crippen molar-refractivity contribution in [1.29, 1.82) is 0 Å². The fourth-order valence-electron chi connectivity index (χ4n) is 3.96. The molecule has 0 fully saturated rings. The Morgan fingerprint density at radius 1 is 0.950 bits per heavy atom. The molecule has 0 spiro atoms. The van der Waals surface area contributed by atoms with E-state index in [1.54, 1.807) is 5.56 Å². The fourth-order valence-corrected chi connectivity index (χ4v) is 13.6. The van der Waals surface area contributed by atoms with E-state index in [1.165, 1.54) is 16.3 Å². The summed E-state index contributed by atoms with van der Waals surface area (Å²) in [7, 11) is 0. The van der Waals surface area contributed by atoms with Crippen molar-refractivity contribution in [1.82, 2.24) is 0 Å². The van der Waals surface area contributed by atoms with Crippen LogP contribution in [-0.4, -0.2) is 0 Å². The van der Waals surface area contributed by atoms with Gasteiger partial charge in [0.1, 0.15) is 0 Å². The summed E-state index contributed by atoms with van der Waals surface area (Å²) >= 11 is -1.71. The van der Waals surface area contributed by atoms with Crippen LogP contribution in [0.4, 0.5) is 0 Å². The standard InChI is InChI=1S/C17H17.2CH3.Hf/c1-17(2,3)15-11-10-13-9-8-12-6-4-5-7-14(12)16(13)15;;;/h4-11H,1-3H3;2*1H3;. The molecule has 0 amide bonds. The molecule has 1 unspecified atom stereocenters. The van der Waals surface area contributed by atoms with Crippen molar-refractivity contribution in [2.75, 3.05) is 0 Å². The molecular weight excluding hydrogens is 407 g/mol. The number of rotatable bonds is 1. The first-order chi connectivity index (χ1) is 9.38. The molecule has 0 N–H and O–H groups in total. The van der Waals surface area contributed by atoms with Gasteiger partial charge in [0, 0.05) is 0 Å². The Morgan fingerprint density at radius 2 is 1.65 bits per heavy atom. The van der Waals surface area contributed by atoms with Crippen LogP contribution in [0.3, 0.4) is 0 Å². The van der Waals surface area contributed by atoms with Gasteiger partial charge in [0.25, 0.3) is 0 Å². The second kappa shape index (κ2) is 4.66. The van der Waals surface area contributed by atoms with Crippen LogP contribution in [0, 0.1) is 5.41 Å². The third-order valence-corrected chi connectivity index (χ3v) is 14.7. The van der Waals surface area contributed by atoms with Crippen molar-refractivity contribution in [2.45, 2.75) is 33.3 Å². The molecule has 0 radical (unpaired) electrons. The van der Waals surface area contributed by atoms with Crippen LogP contribution < -0.4 is 0 Å². The normalized spacial score (nSPS) is 21.2. The maximum absolute atomic E-state index is 2.57. The second-order valence-electron chi connectivity index (χ2n) is 7.14. The monoisotopic (exact) mass is 431 g/mol. The summed E-state index contributed by atoms with van der Waals surface area (Å²) in [6, 6.07) is 13.5. The van der Waals surface area contributed by atoms with Gasteiger partial charge in [0.05, 0.1) is 0 Å². The van der Waals surface area contributed by atoms with Crippen LogP contribution >= 0.6 is 0 Å². The minimum absolute atomic E-state index is 0.296. The van der Waals surface area contributed by atoms with Gasteiger partial charge in [0.2, 0.25) is 0 Å². The van der Waals surface area contributed by atoms with Crippen LogP contribution in [0.25, 0.3) is 16.8 Å². The SMILES string of the molecule is [CH3][Hf]([CH3])[C]1(C(C)(C)C)C=Cc2ccc3ccccc3c21. The molecule has 2 aromatic carbocycles. The zero-order valence-electron chi connectivity index (χ0n) is 13.1. The predicted molar refractivity (Wildman–Crippen MR) is 85.8 cm³/mol. The molecule has 103 valence electrons. The van der Waals surface area contributed by atoms with E-state index in [4.69, 9.17) is 0 Å². The van der Waals surface area contributed by atoms with Crippen LogP contribution in [0.15, 0.2) is 42.5 Å². The van der Waals surface area contributed by atoms with Crippen LogP contribution in [0.5, 0.6) is 0 Å². The van der Waals surface area contributed by atoms with E-state index in [-0.39, 0.29) is 0 Å². The zero-order valence-corrected chi connectivity index (χ0v) is 16.7. The van der Waals surface area contributed by atoms with E-state index in [0.717, 1.165) is 0 Å².